The molecule has 17 heavy (non-hydrogen) atoms. The molecule has 1 aliphatic heterocycles. The number of fused-ring (bicyclic) bond motifs is 1. The van der Waals surface area contributed by atoms with Gasteiger partial charge in [0, 0.05) is 20.9 Å². The van der Waals surface area contributed by atoms with Crippen molar-refractivity contribution in [1.82, 2.24) is 0 Å². The number of thioether (sulfide) groups is 2. The van der Waals surface area contributed by atoms with Crippen LogP contribution in [0.4, 0.5) is 0 Å². The molecule has 1 heterocycles. The summed E-state index contributed by atoms with van der Waals surface area (Å²) in [5.41, 5.74) is 1.34. The third-order valence-electron chi connectivity index (χ3n) is 2.64. The summed E-state index contributed by atoms with van der Waals surface area (Å²) in [7, 11) is 0. The van der Waals surface area contributed by atoms with Crippen LogP contribution in [-0.4, -0.2) is 11.4 Å². The fourth-order valence-electron chi connectivity index (χ4n) is 1.58. The third kappa shape index (κ3) is 3.43. The number of hydrogen-bond donors (Lipinski definition) is 0. The van der Waals surface area contributed by atoms with Gasteiger partial charge in [-0.15, -0.1) is 0 Å². The number of halogens is 1. The van der Waals surface area contributed by atoms with Crippen molar-refractivity contribution < 1.29 is 4.74 Å². The highest BCUT2D eigenvalue weighted by Crippen LogP contribution is 2.52. The normalized spacial score (nSPS) is 18.8. The lowest BCUT2D eigenvalue weighted by atomic mass is 10.1. The maximum atomic E-state index is 5.91. The maximum Gasteiger partial charge on any atom is 0.158 e. The van der Waals surface area contributed by atoms with Crippen LogP contribution >= 0.6 is 39.5 Å². The summed E-state index contributed by atoms with van der Waals surface area (Å²) in [5.74, 6) is 0.710. The van der Waals surface area contributed by atoms with Crippen molar-refractivity contribution in [3.8, 4) is 0 Å². The van der Waals surface area contributed by atoms with Gasteiger partial charge in [0.2, 0.25) is 0 Å². The molecule has 1 aromatic rings. The molecule has 0 saturated carbocycles. The molecule has 0 saturated heterocycles. The van der Waals surface area contributed by atoms with Gasteiger partial charge in [-0.1, -0.05) is 43.4 Å². The van der Waals surface area contributed by atoms with Gasteiger partial charge in [0.05, 0.1) is 0 Å². The maximum absolute atomic E-state index is 5.91. The van der Waals surface area contributed by atoms with E-state index in [1.807, 2.05) is 23.5 Å². The van der Waals surface area contributed by atoms with Gasteiger partial charge >= 0.3 is 0 Å². The SMILES string of the molecule is Cc1ccc(Br)c2c1SC(OCCC(C)C)S2. The summed E-state index contributed by atoms with van der Waals surface area (Å²) in [6.07, 6.45) is 1.13. The van der Waals surface area contributed by atoms with Crippen LogP contribution in [0.25, 0.3) is 0 Å². The van der Waals surface area contributed by atoms with Crippen LogP contribution in [0.2, 0.25) is 0 Å². The van der Waals surface area contributed by atoms with Crippen LogP contribution in [-0.2, 0) is 4.74 Å². The Morgan fingerprint density at radius 2 is 2.00 bits per heavy atom. The van der Waals surface area contributed by atoms with E-state index in [1.165, 1.54) is 19.8 Å². The Balaban J connectivity index is 1.97. The van der Waals surface area contributed by atoms with Gasteiger partial charge in [0.15, 0.2) is 4.77 Å². The zero-order chi connectivity index (χ0) is 12.4. The molecule has 1 aliphatic rings. The first-order valence-corrected chi connectivity index (χ1v) is 8.37. The van der Waals surface area contributed by atoms with Crippen molar-refractivity contribution >= 4 is 39.5 Å². The molecule has 1 atom stereocenters. The number of rotatable bonds is 4. The fourth-order valence-corrected chi connectivity index (χ4v) is 5.01. The van der Waals surface area contributed by atoms with E-state index in [0.29, 0.717) is 5.92 Å². The predicted molar refractivity (Wildman–Crippen MR) is 79.8 cm³/mol. The number of aryl methyl sites for hydroxylation is 1. The molecule has 0 N–H and O–H groups in total. The topological polar surface area (TPSA) is 9.23 Å². The van der Waals surface area contributed by atoms with Gasteiger partial charge in [-0.3, -0.25) is 0 Å². The first-order valence-electron chi connectivity index (χ1n) is 5.82. The summed E-state index contributed by atoms with van der Waals surface area (Å²) in [5, 5.41) is 0. The number of ether oxygens (including phenoxy) is 1. The molecule has 0 fully saturated rings. The molecular formula is C13H17BrOS2. The van der Waals surface area contributed by atoms with Crippen LogP contribution in [0.5, 0.6) is 0 Å². The minimum Gasteiger partial charge on any atom is -0.357 e. The summed E-state index contributed by atoms with van der Waals surface area (Å²) in [6, 6.07) is 4.28. The average Bonchev–Trinajstić information content (AvgIpc) is 2.68. The Bertz CT molecular complexity index is 376. The molecule has 2 rings (SSSR count). The second-order valence-corrected chi connectivity index (χ2v) is 7.90. The molecule has 1 unspecified atom stereocenters. The van der Waals surface area contributed by atoms with Gasteiger partial charge in [-0.25, -0.2) is 0 Å². The van der Waals surface area contributed by atoms with Crippen molar-refractivity contribution in [2.45, 2.75) is 41.8 Å². The van der Waals surface area contributed by atoms with Crippen LogP contribution in [0, 0.1) is 12.8 Å². The van der Waals surface area contributed by atoms with E-state index >= 15 is 0 Å². The van der Waals surface area contributed by atoms with Crippen LogP contribution in [0.1, 0.15) is 25.8 Å². The Morgan fingerprint density at radius 1 is 1.29 bits per heavy atom. The summed E-state index contributed by atoms with van der Waals surface area (Å²) in [4.78, 5) is 2.71. The zero-order valence-corrected chi connectivity index (χ0v) is 13.5. The monoisotopic (exact) mass is 332 g/mol. The number of hydrogen-bond acceptors (Lipinski definition) is 3. The molecule has 0 aliphatic carbocycles. The van der Waals surface area contributed by atoms with Crippen LogP contribution in [0.3, 0.4) is 0 Å². The highest BCUT2D eigenvalue weighted by atomic mass is 79.9. The molecule has 0 bridgehead atoms. The van der Waals surface area contributed by atoms with Gasteiger partial charge in [-0.05, 0) is 46.8 Å². The highest BCUT2D eigenvalue weighted by Gasteiger charge is 2.27. The molecule has 94 valence electrons. The minimum absolute atomic E-state index is 0.223. The Morgan fingerprint density at radius 3 is 2.65 bits per heavy atom. The van der Waals surface area contributed by atoms with Crippen LogP contribution in [0.15, 0.2) is 26.4 Å². The van der Waals surface area contributed by atoms with Gasteiger partial charge < -0.3 is 4.74 Å². The first kappa shape index (κ1) is 13.8. The van der Waals surface area contributed by atoms with E-state index in [4.69, 9.17) is 4.74 Å². The van der Waals surface area contributed by atoms with E-state index in [9.17, 15) is 0 Å². The largest absolute Gasteiger partial charge is 0.357 e. The lowest BCUT2D eigenvalue weighted by molar-refractivity contribution is 0.151. The second-order valence-electron chi connectivity index (χ2n) is 4.60. The first-order chi connectivity index (χ1) is 8.08. The molecule has 4 heteroatoms. The smallest absolute Gasteiger partial charge is 0.158 e. The molecule has 0 aromatic heterocycles. The van der Waals surface area contributed by atoms with E-state index in [2.05, 4.69) is 48.8 Å². The Hall–Kier alpha value is 0.360. The predicted octanol–water partition coefficient (Wildman–Crippen LogP) is 5.30. The third-order valence-corrected chi connectivity index (χ3v) is 6.35. The molecule has 0 amide bonds. The quantitative estimate of drug-likeness (QED) is 0.740. The van der Waals surface area contributed by atoms with E-state index in [1.54, 1.807) is 0 Å². The Labute approximate surface area is 120 Å². The second kappa shape index (κ2) is 6.00. The summed E-state index contributed by atoms with van der Waals surface area (Å²) in [6.45, 7) is 7.48. The molecule has 1 nitrogen and oxygen atoms in total. The molecule has 0 radical (unpaired) electrons. The summed E-state index contributed by atoms with van der Waals surface area (Å²) >= 11 is 7.27. The summed E-state index contributed by atoms with van der Waals surface area (Å²) < 4.78 is 7.32. The van der Waals surface area contributed by atoms with E-state index < -0.39 is 0 Å². The molecule has 1 aromatic carbocycles. The van der Waals surface area contributed by atoms with Crippen molar-refractivity contribution in [3.05, 3.63) is 22.2 Å². The van der Waals surface area contributed by atoms with E-state index in [0.717, 1.165) is 13.0 Å². The minimum atomic E-state index is 0.223. The standard InChI is InChI=1S/C13H17BrOS2/c1-8(2)6-7-15-13-16-11-9(3)4-5-10(14)12(11)17-13/h4-5,8,13H,6-7H2,1-3H3. The lowest BCUT2D eigenvalue weighted by Crippen LogP contribution is -2.04. The molecular weight excluding hydrogens is 316 g/mol. The van der Waals surface area contributed by atoms with Crippen molar-refractivity contribution in [2.75, 3.05) is 6.61 Å². The van der Waals surface area contributed by atoms with Crippen molar-refractivity contribution in [2.24, 2.45) is 5.92 Å². The average molecular weight is 333 g/mol. The van der Waals surface area contributed by atoms with Crippen LogP contribution < -0.4 is 0 Å². The van der Waals surface area contributed by atoms with Crippen molar-refractivity contribution in [1.29, 1.82) is 0 Å². The van der Waals surface area contributed by atoms with E-state index in [-0.39, 0.29) is 4.77 Å². The Kier molecular flexibility index (Phi) is 4.87. The zero-order valence-electron chi connectivity index (χ0n) is 10.3. The van der Waals surface area contributed by atoms with Gasteiger partial charge in [0.25, 0.3) is 0 Å². The van der Waals surface area contributed by atoms with Gasteiger partial charge in [-0.2, -0.15) is 0 Å². The van der Waals surface area contributed by atoms with Gasteiger partial charge in [0.1, 0.15) is 0 Å². The number of benzene rings is 1. The lowest BCUT2D eigenvalue weighted by Gasteiger charge is -2.10. The highest BCUT2D eigenvalue weighted by molar-refractivity contribution is 9.10. The molecule has 0 spiro atoms. The van der Waals surface area contributed by atoms with Crippen molar-refractivity contribution in [3.63, 3.8) is 0 Å². The fraction of sp³-hybridized carbons (Fsp3) is 0.538.